The molecule has 6 heteroatoms. The number of carbonyl (C=O) groups excluding carboxylic acids is 2. The van der Waals surface area contributed by atoms with Crippen LogP contribution in [-0.2, 0) is 4.79 Å². The summed E-state index contributed by atoms with van der Waals surface area (Å²) < 4.78 is 5.37. The molecular weight excluding hydrogens is 294 g/mol. The van der Waals surface area contributed by atoms with Gasteiger partial charge in [0.25, 0.3) is 11.8 Å². The summed E-state index contributed by atoms with van der Waals surface area (Å²) in [6.07, 6.45) is 0. The van der Waals surface area contributed by atoms with Gasteiger partial charge in [0, 0.05) is 30.7 Å². The maximum Gasteiger partial charge on any atom is 0.262 e. The molecule has 2 atom stereocenters. The zero-order valence-corrected chi connectivity index (χ0v) is 13.8. The lowest BCUT2D eigenvalue weighted by atomic mass is 10.1. The van der Waals surface area contributed by atoms with Crippen molar-refractivity contribution in [3.63, 3.8) is 0 Å². The van der Waals surface area contributed by atoms with Crippen LogP contribution < -0.4 is 15.4 Å². The molecule has 23 heavy (non-hydrogen) atoms. The number of ether oxygens (including phenoxy) is 1. The Balaban J connectivity index is 1.68. The van der Waals surface area contributed by atoms with E-state index in [1.165, 1.54) is 0 Å². The van der Waals surface area contributed by atoms with Crippen molar-refractivity contribution in [2.24, 2.45) is 5.92 Å². The minimum atomic E-state index is -0.178. The van der Waals surface area contributed by atoms with Crippen LogP contribution in [0.2, 0.25) is 0 Å². The number of rotatable bonds is 3. The maximum atomic E-state index is 12.5. The van der Waals surface area contributed by atoms with Crippen molar-refractivity contribution in [1.29, 1.82) is 0 Å². The second-order valence-electron chi connectivity index (χ2n) is 6.65. The molecule has 2 amide bonds. The molecule has 2 N–H and O–H groups in total. The zero-order valence-electron chi connectivity index (χ0n) is 13.8. The number of carbonyl (C=O) groups is 2. The van der Waals surface area contributed by atoms with Gasteiger partial charge in [-0.3, -0.25) is 14.5 Å². The smallest absolute Gasteiger partial charge is 0.262 e. The first kappa shape index (κ1) is 15.8. The third kappa shape index (κ3) is 3.32. The monoisotopic (exact) mass is 317 g/mol. The quantitative estimate of drug-likeness (QED) is 0.886. The van der Waals surface area contributed by atoms with E-state index in [1.54, 1.807) is 18.2 Å². The van der Waals surface area contributed by atoms with Crippen molar-refractivity contribution >= 4 is 17.5 Å². The lowest BCUT2D eigenvalue weighted by Crippen LogP contribution is -2.40. The standard InChI is InChI=1S/C17H23N3O3/c1-10(2)20-7-11(3)14(8-20)19-17(22)12-4-5-13-15(6-12)23-9-16(21)18-13/h4-6,10-11,14H,7-9H2,1-3H3,(H,18,21)(H,19,22)/t11-,14+/m0/s1. The topological polar surface area (TPSA) is 70.7 Å². The van der Waals surface area contributed by atoms with Gasteiger partial charge < -0.3 is 15.4 Å². The van der Waals surface area contributed by atoms with Gasteiger partial charge >= 0.3 is 0 Å². The van der Waals surface area contributed by atoms with Crippen molar-refractivity contribution < 1.29 is 14.3 Å². The second kappa shape index (κ2) is 6.20. The van der Waals surface area contributed by atoms with E-state index in [1.807, 2.05) is 0 Å². The molecule has 1 fully saturated rings. The summed E-state index contributed by atoms with van der Waals surface area (Å²) in [6, 6.07) is 5.74. The molecule has 0 unspecified atom stereocenters. The fourth-order valence-electron chi connectivity index (χ4n) is 3.08. The Morgan fingerprint density at radius 3 is 2.87 bits per heavy atom. The Morgan fingerprint density at radius 2 is 2.17 bits per heavy atom. The van der Waals surface area contributed by atoms with Crippen LogP contribution in [0.3, 0.4) is 0 Å². The summed E-state index contributed by atoms with van der Waals surface area (Å²) >= 11 is 0. The molecule has 2 heterocycles. The third-order valence-electron chi connectivity index (χ3n) is 4.56. The first-order valence-electron chi connectivity index (χ1n) is 8.05. The van der Waals surface area contributed by atoms with Gasteiger partial charge in [-0.15, -0.1) is 0 Å². The fourth-order valence-corrected chi connectivity index (χ4v) is 3.08. The summed E-state index contributed by atoms with van der Waals surface area (Å²) in [4.78, 5) is 26.2. The number of amides is 2. The highest BCUT2D eigenvalue weighted by molar-refractivity contribution is 5.99. The predicted molar refractivity (Wildman–Crippen MR) is 87.7 cm³/mol. The van der Waals surface area contributed by atoms with Gasteiger partial charge in [-0.05, 0) is 38.0 Å². The average molecular weight is 317 g/mol. The first-order valence-corrected chi connectivity index (χ1v) is 8.05. The molecule has 1 saturated heterocycles. The molecule has 3 rings (SSSR count). The molecule has 0 radical (unpaired) electrons. The highest BCUT2D eigenvalue weighted by Gasteiger charge is 2.32. The highest BCUT2D eigenvalue weighted by atomic mass is 16.5. The normalized spacial score (nSPS) is 24.1. The molecule has 1 aromatic rings. The lowest BCUT2D eigenvalue weighted by Gasteiger charge is -2.21. The van der Waals surface area contributed by atoms with Crippen LogP contribution in [0.15, 0.2) is 18.2 Å². The van der Waals surface area contributed by atoms with Crippen molar-refractivity contribution in [2.45, 2.75) is 32.9 Å². The van der Waals surface area contributed by atoms with E-state index in [9.17, 15) is 9.59 Å². The number of fused-ring (bicyclic) bond motifs is 1. The Morgan fingerprint density at radius 1 is 1.39 bits per heavy atom. The molecule has 2 aliphatic heterocycles. The number of nitrogens with one attached hydrogen (secondary N) is 2. The van der Waals surface area contributed by atoms with Crippen LogP contribution in [0.4, 0.5) is 5.69 Å². The summed E-state index contributed by atoms with van der Waals surface area (Å²) in [5, 5.41) is 5.84. The van der Waals surface area contributed by atoms with Crippen LogP contribution in [0.5, 0.6) is 5.75 Å². The fraction of sp³-hybridized carbons (Fsp3) is 0.529. The van der Waals surface area contributed by atoms with Crippen LogP contribution in [-0.4, -0.2) is 48.5 Å². The highest BCUT2D eigenvalue weighted by Crippen LogP contribution is 2.28. The molecular formula is C17H23N3O3. The van der Waals surface area contributed by atoms with Gasteiger partial charge in [0.05, 0.1) is 5.69 Å². The van der Waals surface area contributed by atoms with Gasteiger partial charge in [-0.2, -0.15) is 0 Å². The Hall–Kier alpha value is -2.08. The third-order valence-corrected chi connectivity index (χ3v) is 4.56. The van der Waals surface area contributed by atoms with E-state index in [0.717, 1.165) is 13.1 Å². The number of benzene rings is 1. The first-order chi connectivity index (χ1) is 10.9. The van der Waals surface area contributed by atoms with Crippen molar-refractivity contribution in [1.82, 2.24) is 10.2 Å². The van der Waals surface area contributed by atoms with E-state index in [2.05, 4.69) is 36.3 Å². The number of hydrogen-bond acceptors (Lipinski definition) is 4. The maximum absolute atomic E-state index is 12.5. The average Bonchev–Trinajstić information content (AvgIpc) is 2.88. The molecule has 0 saturated carbocycles. The second-order valence-corrected chi connectivity index (χ2v) is 6.65. The molecule has 0 bridgehead atoms. The van der Waals surface area contributed by atoms with Gasteiger partial charge in [0.2, 0.25) is 0 Å². The van der Waals surface area contributed by atoms with Crippen molar-refractivity contribution in [2.75, 3.05) is 25.0 Å². The van der Waals surface area contributed by atoms with E-state index < -0.39 is 0 Å². The summed E-state index contributed by atoms with van der Waals surface area (Å²) in [5.74, 6) is 0.689. The van der Waals surface area contributed by atoms with E-state index in [4.69, 9.17) is 4.74 Å². The minimum absolute atomic E-state index is 0.0128. The van der Waals surface area contributed by atoms with Gasteiger partial charge in [-0.1, -0.05) is 6.92 Å². The Bertz CT molecular complexity index is 630. The molecule has 1 aromatic carbocycles. The van der Waals surface area contributed by atoms with Crippen LogP contribution in [0.1, 0.15) is 31.1 Å². The molecule has 0 spiro atoms. The van der Waals surface area contributed by atoms with Gasteiger partial charge in [0.1, 0.15) is 5.75 Å². The van der Waals surface area contributed by atoms with Crippen LogP contribution in [0, 0.1) is 5.92 Å². The van der Waals surface area contributed by atoms with Crippen LogP contribution in [0.25, 0.3) is 0 Å². The zero-order chi connectivity index (χ0) is 16.6. The number of likely N-dealkylation sites (tertiary alicyclic amines) is 1. The Labute approximate surface area is 136 Å². The largest absolute Gasteiger partial charge is 0.482 e. The van der Waals surface area contributed by atoms with E-state index >= 15 is 0 Å². The summed E-state index contributed by atoms with van der Waals surface area (Å²) in [5.41, 5.74) is 1.16. The SMILES string of the molecule is CC(C)N1C[C@H](C)[C@H](NC(=O)c2ccc3c(c2)OCC(=O)N3)C1. The minimum Gasteiger partial charge on any atom is -0.482 e. The van der Waals surface area contributed by atoms with Crippen molar-refractivity contribution in [3.05, 3.63) is 23.8 Å². The Kier molecular flexibility index (Phi) is 4.26. The molecule has 124 valence electrons. The predicted octanol–water partition coefficient (Wildman–Crippen LogP) is 1.48. The van der Waals surface area contributed by atoms with Gasteiger partial charge in [-0.25, -0.2) is 0 Å². The molecule has 0 aromatic heterocycles. The molecule has 6 nitrogen and oxygen atoms in total. The number of nitrogens with zero attached hydrogens (tertiary/aromatic N) is 1. The molecule has 0 aliphatic carbocycles. The number of hydrogen-bond donors (Lipinski definition) is 2. The lowest BCUT2D eigenvalue weighted by molar-refractivity contribution is -0.118. The van der Waals surface area contributed by atoms with Gasteiger partial charge in [0.15, 0.2) is 6.61 Å². The summed E-state index contributed by atoms with van der Waals surface area (Å²) in [7, 11) is 0. The van der Waals surface area contributed by atoms with Crippen LogP contribution >= 0.6 is 0 Å². The summed E-state index contributed by atoms with van der Waals surface area (Å²) in [6.45, 7) is 8.38. The molecule has 2 aliphatic rings. The van der Waals surface area contributed by atoms with Crippen molar-refractivity contribution in [3.8, 4) is 5.75 Å². The van der Waals surface area contributed by atoms with E-state index in [0.29, 0.717) is 29.0 Å². The van der Waals surface area contributed by atoms with E-state index in [-0.39, 0.29) is 24.5 Å². The number of anilines is 1.